The van der Waals surface area contributed by atoms with Gasteiger partial charge in [-0.25, -0.2) is 0 Å². The number of nitrogens with one attached hydrogen (secondary N) is 3. The summed E-state index contributed by atoms with van der Waals surface area (Å²) in [4.78, 5) is 17.4. The number of methoxy groups -OCH3 is 1. The van der Waals surface area contributed by atoms with E-state index in [4.69, 9.17) is 4.74 Å². The molecule has 1 fully saturated rings. The Bertz CT molecular complexity index is 942. The molecule has 0 radical (unpaired) electrons. The molecule has 5 nitrogen and oxygen atoms in total. The zero-order valence-electron chi connectivity index (χ0n) is 17.0. The number of hydrogen-bond acceptors (Lipinski definition) is 2. The van der Waals surface area contributed by atoms with Crippen molar-refractivity contribution in [2.75, 3.05) is 33.3 Å². The summed E-state index contributed by atoms with van der Waals surface area (Å²) >= 11 is 0. The number of amides is 1. The molecule has 0 bridgehead atoms. The molecule has 3 aromatic rings. The van der Waals surface area contributed by atoms with Crippen molar-refractivity contribution in [2.24, 2.45) is 0 Å². The van der Waals surface area contributed by atoms with E-state index in [2.05, 4.69) is 46.8 Å². The van der Waals surface area contributed by atoms with E-state index in [0.29, 0.717) is 13.1 Å². The maximum Gasteiger partial charge on any atom is 0.275 e. The molecule has 0 spiro atoms. The Morgan fingerprint density at radius 3 is 2.62 bits per heavy atom. The quantitative estimate of drug-likeness (QED) is 0.579. The number of hydrogen-bond donors (Lipinski definition) is 3. The van der Waals surface area contributed by atoms with Crippen LogP contribution in [0.4, 0.5) is 0 Å². The zero-order valence-corrected chi connectivity index (χ0v) is 17.0. The first kappa shape index (κ1) is 19.5. The van der Waals surface area contributed by atoms with Gasteiger partial charge in [0.2, 0.25) is 0 Å². The summed E-state index contributed by atoms with van der Waals surface area (Å²) in [5.41, 5.74) is 3.49. The normalized spacial score (nSPS) is 15.9. The number of benzene rings is 2. The van der Waals surface area contributed by atoms with E-state index in [-0.39, 0.29) is 11.8 Å². The number of likely N-dealkylation sites (tertiary alicyclic amines) is 1. The SMILES string of the molecule is COc1ccc([C@H](CNC(=O)C[NH+]2CCCCC2)c2c[nH]c3ccccc23)cc1. The predicted octanol–water partition coefficient (Wildman–Crippen LogP) is 2.49. The third-order valence-electron chi connectivity index (χ3n) is 5.99. The summed E-state index contributed by atoms with van der Waals surface area (Å²) in [6.45, 7) is 3.37. The lowest BCUT2D eigenvalue weighted by Crippen LogP contribution is -3.13. The van der Waals surface area contributed by atoms with Gasteiger partial charge in [-0.15, -0.1) is 0 Å². The van der Waals surface area contributed by atoms with Crippen molar-refractivity contribution in [3.63, 3.8) is 0 Å². The van der Waals surface area contributed by atoms with Gasteiger partial charge < -0.3 is 19.9 Å². The van der Waals surface area contributed by atoms with Crippen LogP contribution in [-0.2, 0) is 4.79 Å². The van der Waals surface area contributed by atoms with Crippen LogP contribution in [0.3, 0.4) is 0 Å². The van der Waals surface area contributed by atoms with Gasteiger partial charge >= 0.3 is 0 Å². The molecule has 5 heteroatoms. The molecule has 4 rings (SSSR count). The number of para-hydroxylation sites is 1. The largest absolute Gasteiger partial charge is 0.497 e. The minimum Gasteiger partial charge on any atom is -0.497 e. The van der Waals surface area contributed by atoms with Gasteiger partial charge in [-0.2, -0.15) is 0 Å². The fraction of sp³-hybridized carbons (Fsp3) is 0.375. The second-order valence-corrected chi connectivity index (χ2v) is 7.91. The van der Waals surface area contributed by atoms with E-state index >= 15 is 0 Å². The van der Waals surface area contributed by atoms with Crippen LogP contribution in [0.5, 0.6) is 5.75 Å². The molecule has 2 aromatic carbocycles. The summed E-state index contributed by atoms with van der Waals surface area (Å²) < 4.78 is 5.31. The highest BCUT2D eigenvalue weighted by molar-refractivity contribution is 5.84. The summed E-state index contributed by atoms with van der Waals surface area (Å²) in [5.74, 6) is 1.06. The van der Waals surface area contributed by atoms with Crippen LogP contribution in [0.2, 0.25) is 0 Å². The van der Waals surface area contributed by atoms with Gasteiger partial charge in [-0.1, -0.05) is 30.3 Å². The van der Waals surface area contributed by atoms with Gasteiger partial charge in [0.25, 0.3) is 5.91 Å². The number of piperidine rings is 1. The van der Waals surface area contributed by atoms with E-state index < -0.39 is 0 Å². The van der Waals surface area contributed by atoms with Crippen molar-refractivity contribution < 1.29 is 14.4 Å². The first-order valence-corrected chi connectivity index (χ1v) is 10.5. The van der Waals surface area contributed by atoms with E-state index in [1.807, 2.05) is 18.2 Å². The molecule has 29 heavy (non-hydrogen) atoms. The van der Waals surface area contributed by atoms with Crippen LogP contribution in [-0.4, -0.2) is 44.2 Å². The molecule has 1 atom stereocenters. The van der Waals surface area contributed by atoms with Crippen molar-refractivity contribution in [3.8, 4) is 5.75 Å². The molecule has 152 valence electrons. The molecule has 0 saturated carbocycles. The average molecular weight is 393 g/mol. The predicted molar refractivity (Wildman–Crippen MR) is 116 cm³/mol. The highest BCUT2D eigenvalue weighted by Crippen LogP contribution is 2.31. The number of ether oxygens (including phenoxy) is 1. The molecule has 0 aliphatic carbocycles. The van der Waals surface area contributed by atoms with Gasteiger partial charge in [-0.05, 0) is 48.6 Å². The number of carbonyl (C=O) groups excluding carboxylic acids is 1. The third kappa shape index (κ3) is 4.62. The smallest absolute Gasteiger partial charge is 0.275 e. The number of aromatic nitrogens is 1. The maximum atomic E-state index is 12.6. The molecule has 1 aliphatic heterocycles. The number of carbonyl (C=O) groups is 1. The number of rotatable bonds is 7. The molecule has 2 heterocycles. The first-order valence-electron chi connectivity index (χ1n) is 10.5. The van der Waals surface area contributed by atoms with Crippen molar-refractivity contribution in [1.82, 2.24) is 10.3 Å². The van der Waals surface area contributed by atoms with Crippen molar-refractivity contribution in [2.45, 2.75) is 25.2 Å². The number of aromatic amines is 1. The van der Waals surface area contributed by atoms with Crippen LogP contribution >= 0.6 is 0 Å². The molecule has 1 aromatic heterocycles. The minimum absolute atomic E-state index is 0.0809. The summed E-state index contributed by atoms with van der Waals surface area (Å²) in [6.07, 6.45) is 5.83. The minimum atomic E-state index is 0.0809. The summed E-state index contributed by atoms with van der Waals surface area (Å²) in [6, 6.07) is 16.5. The van der Waals surface area contributed by atoms with Crippen LogP contribution in [0.1, 0.15) is 36.3 Å². The van der Waals surface area contributed by atoms with Gasteiger partial charge in [0.05, 0.1) is 20.2 Å². The molecule has 3 N–H and O–H groups in total. The Morgan fingerprint density at radius 1 is 1.10 bits per heavy atom. The summed E-state index contributed by atoms with van der Waals surface area (Å²) in [5, 5.41) is 4.40. The Balaban J connectivity index is 1.54. The van der Waals surface area contributed by atoms with Crippen molar-refractivity contribution in [3.05, 3.63) is 65.9 Å². The lowest BCUT2D eigenvalue weighted by Gasteiger charge is -2.24. The molecular formula is C24H30N3O2+. The van der Waals surface area contributed by atoms with Gasteiger partial charge in [0.1, 0.15) is 5.75 Å². The lowest BCUT2D eigenvalue weighted by molar-refractivity contribution is -0.896. The van der Waals surface area contributed by atoms with Crippen molar-refractivity contribution in [1.29, 1.82) is 0 Å². The van der Waals surface area contributed by atoms with Crippen LogP contribution in [0.25, 0.3) is 10.9 Å². The Kier molecular flexibility index (Phi) is 6.15. The monoisotopic (exact) mass is 392 g/mol. The molecule has 1 aliphatic rings. The highest BCUT2D eigenvalue weighted by atomic mass is 16.5. The van der Waals surface area contributed by atoms with E-state index in [9.17, 15) is 4.79 Å². The van der Waals surface area contributed by atoms with E-state index in [1.54, 1.807) is 7.11 Å². The van der Waals surface area contributed by atoms with Crippen LogP contribution in [0, 0.1) is 0 Å². The Labute approximate surface area is 172 Å². The standard InChI is InChI=1S/C24H29N3O2/c1-29-19-11-9-18(10-12-19)21(22-16-25-23-8-4-3-7-20(22)23)15-26-24(28)17-27-13-5-2-6-14-27/h3-4,7-12,16,21,25H,2,5-6,13-15,17H2,1H3,(H,26,28)/p+1/t21-/m0/s1. The zero-order chi connectivity index (χ0) is 20.1. The summed E-state index contributed by atoms with van der Waals surface area (Å²) in [7, 11) is 1.68. The van der Waals surface area contributed by atoms with E-state index in [0.717, 1.165) is 24.4 Å². The van der Waals surface area contributed by atoms with Crippen LogP contribution < -0.4 is 15.0 Å². The van der Waals surface area contributed by atoms with Crippen molar-refractivity contribution >= 4 is 16.8 Å². The topological polar surface area (TPSA) is 58.6 Å². The number of quaternary nitrogens is 1. The second-order valence-electron chi connectivity index (χ2n) is 7.91. The van der Waals surface area contributed by atoms with Crippen LogP contribution in [0.15, 0.2) is 54.7 Å². The highest BCUT2D eigenvalue weighted by Gasteiger charge is 2.21. The molecule has 0 unspecified atom stereocenters. The fourth-order valence-corrected chi connectivity index (χ4v) is 4.36. The number of H-pyrrole nitrogens is 1. The Hall–Kier alpha value is -2.79. The Morgan fingerprint density at radius 2 is 1.86 bits per heavy atom. The first-order chi connectivity index (χ1) is 14.2. The average Bonchev–Trinajstić information content (AvgIpc) is 3.19. The maximum absolute atomic E-state index is 12.6. The molecular weight excluding hydrogens is 362 g/mol. The van der Waals surface area contributed by atoms with E-state index in [1.165, 1.54) is 40.7 Å². The molecule has 1 saturated heterocycles. The number of fused-ring (bicyclic) bond motifs is 1. The fourth-order valence-electron chi connectivity index (χ4n) is 4.36. The lowest BCUT2D eigenvalue weighted by atomic mass is 9.90. The second kappa shape index (κ2) is 9.14. The molecule has 1 amide bonds. The van der Waals surface area contributed by atoms with Gasteiger partial charge in [0, 0.05) is 29.6 Å². The van der Waals surface area contributed by atoms with Gasteiger partial charge in [-0.3, -0.25) is 4.79 Å². The third-order valence-corrected chi connectivity index (χ3v) is 5.99. The van der Waals surface area contributed by atoms with Gasteiger partial charge in [0.15, 0.2) is 6.54 Å².